The molecular weight excluding hydrogens is 400 g/mol. The zero-order chi connectivity index (χ0) is 18.3. The van der Waals surface area contributed by atoms with Crippen LogP contribution in [0.4, 0.5) is 0 Å². The summed E-state index contributed by atoms with van der Waals surface area (Å²) in [6.07, 6.45) is 5.65. The molecule has 1 fully saturated rings. The molecule has 0 radical (unpaired) electrons. The zero-order valence-electron chi connectivity index (χ0n) is 14.4. The third-order valence-corrected chi connectivity index (χ3v) is 8.17. The molecule has 1 heterocycles. The minimum Gasteiger partial charge on any atom is -0.357 e. The van der Waals surface area contributed by atoms with Crippen LogP contribution in [0.3, 0.4) is 0 Å². The van der Waals surface area contributed by atoms with Crippen LogP contribution in [-0.4, -0.2) is 51.6 Å². The molecule has 3 N–H and O–H groups in total. The topological polar surface area (TPSA) is 82.6 Å². The van der Waals surface area contributed by atoms with Gasteiger partial charge in [0.25, 0.3) is 0 Å². The Kier molecular flexibility index (Phi) is 8.34. The van der Waals surface area contributed by atoms with E-state index in [0.717, 1.165) is 36.7 Å². The number of guanidine groups is 1. The van der Waals surface area contributed by atoms with Gasteiger partial charge < -0.3 is 10.6 Å². The van der Waals surface area contributed by atoms with E-state index in [1.54, 1.807) is 6.07 Å². The molecule has 0 spiro atoms. The second-order valence-electron chi connectivity index (χ2n) is 5.73. The van der Waals surface area contributed by atoms with Crippen LogP contribution in [0, 0.1) is 0 Å². The van der Waals surface area contributed by atoms with Crippen LogP contribution in [-0.2, 0) is 10.0 Å². The van der Waals surface area contributed by atoms with Crippen molar-refractivity contribution in [2.24, 2.45) is 4.99 Å². The third kappa shape index (κ3) is 6.63. The van der Waals surface area contributed by atoms with Crippen LogP contribution in [0.1, 0.15) is 26.2 Å². The molecule has 0 aliphatic heterocycles. The summed E-state index contributed by atoms with van der Waals surface area (Å²) in [7, 11) is -3.51. The molecule has 1 aliphatic rings. The second-order valence-corrected chi connectivity index (χ2v) is 10.6. The molecule has 2 unspecified atom stereocenters. The molecule has 1 aromatic heterocycles. The summed E-state index contributed by atoms with van der Waals surface area (Å²) in [5, 5.41) is 7.37. The van der Waals surface area contributed by atoms with E-state index in [1.807, 2.05) is 18.7 Å². The maximum absolute atomic E-state index is 12.1. The minimum atomic E-state index is -3.51. The normalized spacial score (nSPS) is 21.5. The molecule has 0 saturated heterocycles. The van der Waals surface area contributed by atoms with Crippen molar-refractivity contribution in [2.75, 3.05) is 25.9 Å². The molecule has 0 bridgehead atoms. The van der Waals surface area contributed by atoms with Gasteiger partial charge >= 0.3 is 0 Å². The largest absolute Gasteiger partial charge is 0.357 e. The van der Waals surface area contributed by atoms with Gasteiger partial charge in [0.15, 0.2) is 5.96 Å². The zero-order valence-corrected chi connectivity index (χ0v) is 17.6. The number of hydrogen-bond acceptors (Lipinski definition) is 5. The highest BCUT2D eigenvalue weighted by molar-refractivity contribution is 7.99. The third-order valence-electron chi connectivity index (χ3n) is 3.89. The van der Waals surface area contributed by atoms with Crippen molar-refractivity contribution in [1.82, 2.24) is 15.4 Å². The molecule has 0 aromatic carbocycles. The SMILES string of the molecule is CCNC(=NCCNS(=O)(=O)c1ccc(Cl)s1)NC1CCC(SC)C1. The van der Waals surface area contributed by atoms with E-state index in [1.165, 1.54) is 12.5 Å². The molecule has 6 nitrogen and oxygen atoms in total. The monoisotopic (exact) mass is 424 g/mol. The average Bonchev–Trinajstić information content (AvgIpc) is 3.21. The molecule has 2 rings (SSSR count). The van der Waals surface area contributed by atoms with Gasteiger partial charge in [-0.3, -0.25) is 4.99 Å². The molecular formula is C15H25ClN4O2S3. The van der Waals surface area contributed by atoms with E-state index in [-0.39, 0.29) is 10.8 Å². The number of hydrogen-bond donors (Lipinski definition) is 3. The number of thioether (sulfide) groups is 1. The highest BCUT2D eigenvalue weighted by atomic mass is 35.5. The number of rotatable bonds is 8. The molecule has 1 aliphatic carbocycles. The second kappa shape index (κ2) is 10.0. The quantitative estimate of drug-likeness (QED) is 0.339. The first-order valence-corrected chi connectivity index (χ1v) is 12.2. The van der Waals surface area contributed by atoms with Crippen molar-refractivity contribution in [2.45, 2.75) is 41.7 Å². The predicted molar refractivity (Wildman–Crippen MR) is 109 cm³/mol. The molecule has 1 aromatic rings. The molecule has 2 atom stereocenters. The van der Waals surface area contributed by atoms with Crippen LogP contribution < -0.4 is 15.4 Å². The average molecular weight is 425 g/mol. The molecule has 0 amide bonds. The number of nitrogens with zero attached hydrogens (tertiary/aromatic N) is 1. The van der Waals surface area contributed by atoms with Crippen LogP contribution in [0.5, 0.6) is 0 Å². The Morgan fingerprint density at radius 3 is 2.84 bits per heavy atom. The summed E-state index contributed by atoms with van der Waals surface area (Å²) in [6, 6.07) is 3.52. The summed E-state index contributed by atoms with van der Waals surface area (Å²) < 4.78 is 27.5. The van der Waals surface area contributed by atoms with E-state index < -0.39 is 10.0 Å². The van der Waals surface area contributed by atoms with Crippen molar-refractivity contribution < 1.29 is 8.42 Å². The van der Waals surface area contributed by atoms with E-state index >= 15 is 0 Å². The van der Waals surface area contributed by atoms with E-state index in [4.69, 9.17) is 11.6 Å². The van der Waals surface area contributed by atoms with Gasteiger partial charge in [0.2, 0.25) is 10.0 Å². The van der Waals surface area contributed by atoms with Gasteiger partial charge in [-0.2, -0.15) is 11.8 Å². The number of halogens is 1. The van der Waals surface area contributed by atoms with Crippen LogP contribution in [0.2, 0.25) is 4.34 Å². The maximum atomic E-state index is 12.1. The summed E-state index contributed by atoms with van der Waals surface area (Å²) in [4.78, 5) is 4.47. The van der Waals surface area contributed by atoms with Crippen molar-refractivity contribution in [3.8, 4) is 0 Å². The van der Waals surface area contributed by atoms with Gasteiger partial charge in [0.05, 0.1) is 10.9 Å². The first kappa shape index (κ1) is 20.8. The summed E-state index contributed by atoms with van der Waals surface area (Å²) in [5.74, 6) is 0.743. The first-order valence-electron chi connectivity index (χ1n) is 8.27. The van der Waals surface area contributed by atoms with Crippen molar-refractivity contribution in [3.63, 3.8) is 0 Å². The molecule has 10 heteroatoms. The number of nitrogens with one attached hydrogen (secondary N) is 3. The van der Waals surface area contributed by atoms with Crippen LogP contribution >= 0.6 is 34.7 Å². The Morgan fingerprint density at radius 2 is 2.24 bits per heavy atom. The Hall–Kier alpha value is -0.480. The summed E-state index contributed by atoms with van der Waals surface area (Å²) in [6.45, 7) is 3.39. The molecule has 142 valence electrons. The van der Waals surface area contributed by atoms with Gasteiger partial charge in [0, 0.05) is 24.4 Å². The fourth-order valence-corrected chi connectivity index (χ4v) is 6.00. The smallest absolute Gasteiger partial charge is 0.250 e. The highest BCUT2D eigenvalue weighted by Crippen LogP contribution is 2.28. The lowest BCUT2D eigenvalue weighted by Gasteiger charge is -2.17. The van der Waals surface area contributed by atoms with E-state index in [2.05, 4.69) is 26.6 Å². The lowest BCUT2D eigenvalue weighted by Crippen LogP contribution is -2.43. The Morgan fingerprint density at radius 1 is 1.44 bits per heavy atom. The molecule has 25 heavy (non-hydrogen) atoms. The maximum Gasteiger partial charge on any atom is 0.250 e. The number of aliphatic imine (C=N–C) groups is 1. The van der Waals surface area contributed by atoms with Gasteiger partial charge in [0.1, 0.15) is 4.21 Å². The van der Waals surface area contributed by atoms with Crippen LogP contribution in [0.25, 0.3) is 0 Å². The Bertz CT molecular complexity index is 678. The van der Waals surface area contributed by atoms with Gasteiger partial charge in [-0.05, 0) is 44.6 Å². The summed E-state index contributed by atoms with van der Waals surface area (Å²) in [5.41, 5.74) is 0. The van der Waals surface area contributed by atoms with E-state index in [9.17, 15) is 8.42 Å². The van der Waals surface area contributed by atoms with Crippen molar-refractivity contribution in [1.29, 1.82) is 0 Å². The van der Waals surface area contributed by atoms with Crippen molar-refractivity contribution >= 4 is 50.7 Å². The van der Waals surface area contributed by atoms with Crippen LogP contribution in [0.15, 0.2) is 21.3 Å². The lowest BCUT2D eigenvalue weighted by molar-refractivity contribution is 0.583. The van der Waals surface area contributed by atoms with Gasteiger partial charge in [-0.15, -0.1) is 11.3 Å². The predicted octanol–water partition coefficient (Wildman–Crippen LogP) is 2.52. The Balaban J connectivity index is 1.82. The summed E-state index contributed by atoms with van der Waals surface area (Å²) >= 11 is 8.75. The lowest BCUT2D eigenvalue weighted by atomic mass is 10.2. The van der Waals surface area contributed by atoms with E-state index in [0.29, 0.717) is 22.2 Å². The fraction of sp³-hybridized carbons (Fsp3) is 0.667. The van der Waals surface area contributed by atoms with Gasteiger partial charge in [-0.1, -0.05) is 11.6 Å². The van der Waals surface area contributed by atoms with Gasteiger partial charge in [-0.25, -0.2) is 13.1 Å². The first-order chi connectivity index (χ1) is 11.9. The Labute approximate surface area is 163 Å². The standard InChI is InChI=1S/C15H25ClN4O2S3/c1-3-17-15(20-11-4-5-12(10-11)23-2)18-8-9-19-25(21,22)14-7-6-13(16)24-14/h6-7,11-12,19H,3-5,8-10H2,1-2H3,(H2,17,18,20). The highest BCUT2D eigenvalue weighted by Gasteiger charge is 2.24. The molecule has 1 saturated carbocycles. The number of sulfonamides is 1. The number of thiophene rings is 1. The fourth-order valence-electron chi connectivity index (χ4n) is 2.66. The minimum absolute atomic E-state index is 0.223. The van der Waals surface area contributed by atoms with Crippen molar-refractivity contribution in [3.05, 3.63) is 16.5 Å².